The van der Waals surface area contributed by atoms with Crippen LogP contribution in [0.2, 0.25) is 5.02 Å². The topological polar surface area (TPSA) is 85.4 Å². The number of nitrogens with zero attached hydrogens (tertiary/aromatic N) is 1. The number of nitrogens with one attached hydrogen (secondary N) is 1. The molecule has 0 saturated carbocycles. The van der Waals surface area contributed by atoms with Crippen LogP contribution in [0.15, 0.2) is 32.4 Å². The van der Waals surface area contributed by atoms with E-state index < -0.39 is 16.0 Å². The quantitative estimate of drug-likeness (QED) is 0.781. The van der Waals surface area contributed by atoms with Crippen LogP contribution in [-0.4, -0.2) is 26.5 Å². The zero-order valence-corrected chi connectivity index (χ0v) is 14.4. The average molecular weight is 412 g/mol. The maximum Gasteiger partial charge on any atom is 0.358 e. The Hall–Kier alpha value is -1.16. The number of hydrogen-bond acceptors (Lipinski definition) is 6. The van der Waals surface area contributed by atoms with Crippen LogP contribution in [0.1, 0.15) is 10.5 Å². The van der Waals surface area contributed by atoms with E-state index in [9.17, 15) is 13.2 Å². The van der Waals surface area contributed by atoms with E-state index in [1.807, 2.05) is 0 Å². The Morgan fingerprint density at radius 2 is 2.19 bits per heavy atom. The maximum atomic E-state index is 12.3. The summed E-state index contributed by atoms with van der Waals surface area (Å²) in [7, 11) is -2.85. The summed E-state index contributed by atoms with van der Waals surface area (Å²) in [6.45, 7) is 0. The summed E-state index contributed by atoms with van der Waals surface area (Å²) < 4.78 is 31.9. The largest absolute Gasteiger partial charge is 0.464 e. The Morgan fingerprint density at radius 1 is 1.48 bits per heavy atom. The Morgan fingerprint density at radius 3 is 2.86 bits per heavy atom. The van der Waals surface area contributed by atoms with Gasteiger partial charge in [-0.2, -0.15) is 0 Å². The van der Waals surface area contributed by atoms with Crippen LogP contribution in [0.5, 0.6) is 0 Å². The molecule has 0 bridgehead atoms. The molecule has 0 radical (unpaired) electrons. The first-order chi connectivity index (χ1) is 9.85. The van der Waals surface area contributed by atoms with Crippen molar-refractivity contribution in [3.05, 3.63) is 38.9 Å². The number of methoxy groups -OCH3 is 1. The van der Waals surface area contributed by atoms with E-state index in [2.05, 4.69) is 30.4 Å². The molecule has 1 aromatic heterocycles. The van der Waals surface area contributed by atoms with Crippen molar-refractivity contribution in [1.82, 2.24) is 4.98 Å². The van der Waals surface area contributed by atoms with Crippen LogP contribution in [0, 0.1) is 0 Å². The predicted octanol–water partition coefficient (Wildman–Crippen LogP) is 3.15. The van der Waals surface area contributed by atoms with E-state index in [1.165, 1.54) is 17.6 Å². The van der Waals surface area contributed by atoms with Gasteiger partial charge in [0.1, 0.15) is 0 Å². The Balaban J connectivity index is 2.42. The summed E-state index contributed by atoms with van der Waals surface area (Å²) in [5.74, 6) is -0.822. The molecular weight excluding hydrogens is 404 g/mol. The fourth-order valence-corrected chi connectivity index (χ4v) is 4.21. The van der Waals surface area contributed by atoms with Gasteiger partial charge in [-0.1, -0.05) is 27.5 Å². The number of rotatable bonds is 4. The smallest absolute Gasteiger partial charge is 0.358 e. The number of carbonyl (C=O) groups excluding carboxylic acids is 1. The third-order valence-electron chi connectivity index (χ3n) is 2.33. The lowest BCUT2D eigenvalue weighted by molar-refractivity contribution is 0.0590. The van der Waals surface area contributed by atoms with Gasteiger partial charge in [-0.25, -0.2) is 18.2 Å². The summed E-state index contributed by atoms with van der Waals surface area (Å²) in [5, 5.41) is 0.228. The molecule has 0 atom stereocenters. The molecule has 2 aromatic rings. The molecule has 1 heterocycles. The molecule has 0 fully saturated rings. The summed E-state index contributed by atoms with van der Waals surface area (Å²) in [6, 6.07) is 4.73. The van der Waals surface area contributed by atoms with Crippen molar-refractivity contribution in [1.29, 1.82) is 0 Å². The van der Waals surface area contributed by atoms with Crippen LogP contribution < -0.4 is 4.72 Å². The van der Waals surface area contributed by atoms with Gasteiger partial charge in [0, 0.05) is 4.47 Å². The van der Waals surface area contributed by atoms with Crippen LogP contribution >= 0.6 is 38.9 Å². The highest BCUT2D eigenvalue weighted by Crippen LogP contribution is 2.29. The van der Waals surface area contributed by atoms with E-state index in [0.717, 1.165) is 18.4 Å². The number of thiazole rings is 1. The summed E-state index contributed by atoms with van der Waals surface area (Å²) >= 11 is 9.98. The highest BCUT2D eigenvalue weighted by atomic mass is 79.9. The number of aromatic nitrogens is 1. The first kappa shape index (κ1) is 16.2. The number of ether oxygens (including phenoxy) is 1. The second-order valence-electron chi connectivity index (χ2n) is 3.71. The lowest BCUT2D eigenvalue weighted by atomic mass is 10.3. The van der Waals surface area contributed by atoms with Crippen molar-refractivity contribution in [2.45, 2.75) is 4.21 Å². The molecule has 1 N–H and O–H groups in total. The standard InChI is InChI=1S/C11H8BrClN2O4S2/c1-19-10(16)9-11(20-5-14-9)21(17,18)15-8-4-6(12)2-3-7(8)13/h2-5,15H,1H3. The van der Waals surface area contributed by atoms with E-state index in [4.69, 9.17) is 11.6 Å². The van der Waals surface area contributed by atoms with Gasteiger partial charge < -0.3 is 4.74 Å². The number of carbonyl (C=O) groups is 1. The monoisotopic (exact) mass is 410 g/mol. The Labute approximate surface area is 138 Å². The molecule has 10 heteroatoms. The number of esters is 1. The van der Waals surface area contributed by atoms with Crippen LogP contribution in [-0.2, 0) is 14.8 Å². The molecule has 6 nitrogen and oxygen atoms in total. The lowest BCUT2D eigenvalue weighted by Gasteiger charge is -2.09. The third kappa shape index (κ3) is 3.54. The van der Waals surface area contributed by atoms with Crippen molar-refractivity contribution in [3.63, 3.8) is 0 Å². The Bertz CT molecular complexity index is 791. The third-order valence-corrected chi connectivity index (χ3v) is 5.89. The van der Waals surface area contributed by atoms with Gasteiger partial charge in [0.15, 0.2) is 9.90 Å². The summed E-state index contributed by atoms with van der Waals surface area (Å²) in [5.41, 5.74) is 1.18. The molecular formula is C11H8BrClN2O4S2. The molecule has 1 aromatic carbocycles. The number of halogens is 2. The molecule has 0 amide bonds. The number of hydrogen-bond donors (Lipinski definition) is 1. The molecule has 2 rings (SSSR count). The minimum atomic E-state index is -4.00. The lowest BCUT2D eigenvalue weighted by Crippen LogP contribution is -2.16. The van der Waals surface area contributed by atoms with Crippen molar-refractivity contribution < 1.29 is 17.9 Å². The minimum Gasteiger partial charge on any atom is -0.464 e. The molecule has 0 aliphatic rings. The van der Waals surface area contributed by atoms with Crippen LogP contribution in [0.3, 0.4) is 0 Å². The maximum absolute atomic E-state index is 12.3. The van der Waals surface area contributed by atoms with Crippen molar-refractivity contribution in [3.8, 4) is 0 Å². The zero-order chi connectivity index (χ0) is 15.6. The van der Waals surface area contributed by atoms with Gasteiger partial charge in [0.2, 0.25) is 0 Å². The average Bonchev–Trinajstić information content (AvgIpc) is 2.92. The first-order valence-electron chi connectivity index (χ1n) is 5.35. The van der Waals surface area contributed by atoms with Crippen LogP contribution in [0.4, 0.5) is 5.69 Å². The van der Waals surface area contributed by atoms with Gasteiger partial charge >= 0.3 is 5.97 Å². The summed E-state index contributed by atoms with van der Waals surface area (Å²) in [4.78, 5) is 15.2. The molecule has 0 unspecified atom stereocenters. The summed E-state index contributed by atoms with van der Waals surface area (Å²) in [6.07, 6.45) is 0. The minimum absolute atomic E-state index is 0.190. The molecule has 0 saturated heterocycles. The fraction of sp³-hybridized carbons (Fsp3) is 0.0909. The van der Waals surface area contributed by atoms with E-state index >= 15 is 0 Å². The second kappa shape index (κ2) is 6.30. The van der Waals surface area contributed by atoms with E-state index in [0.29, 0.717) is 4.47 Å². The van der Waals surface area contributed by atoms with Crippen molar-refractivity contribution in [2.24, 2.45) is 0 Å². The number of benzene rings is 1. The molecule has 112 valence electrons. The van der Waals surface area contributed by atoms with Crippen molar-refractivity contribution in [2.75, 3.05) is 11.8 Å². The highest BCUT2D eigenvalue weighted by molar-refractivity contribution is 9.10. The Kier molecular flexibility index (Phi) is 4.87. The highest BCUT2D eigenvalue weighted by Gasteiger charge is 2.27. The molecule has 0 aliphatic heterocycles. The predicted molar refractivity (Wildman–Crippen MR) is 83.4 cm³/mol. The molecule has 21 heavy (non-hydrogen) atoms. The van der Waals surface area contributed by atoms with Gasteiger partial charge in [-0.05, 0) is 18.2 Å². The van der Waals surface area contributed by atoms with Gasteiger partial charge in [0.05, 0.1) is 23.3 Å². The van der Waals surface area contributed by atoms with Gasteiger partial charge in [-0.3, -0.25) is 4.72 Å². The normalized spacial score (nSPS) is 11.2. The molecule has 0 aliphatic carbocycles. The fourth-order valence-electron chi connectivity index (χ4n) is 1.43. The van der Waals surface area contributed by atoms with Crippen LogP contribution in [0.25, 0.3) is 0 Å². The van der Waals surface area contributed by atoms with Gasteiger partial charge in [-0.15, -0.1) is 11.3 Å². The van der Waals surface area contributed by atoms with E-state index in [1.54, 1.807) is 6.07 Å². The van der Waals surface area contributed by atoms with Gasteiger partial charge in [0.25, 0.3) is 10.0 Å². The molecule has 0 spiro atoms. The first-order valence-corrected chi connectivity index (χ1v) is 8.88. The van der Waals surface area contributed by atoms with Crippen molar-refractivity contribution >= 4 is 60.5 Å². The SMILES string of the molecule is COC(=O)c1ncsc1S(=O)(=O)Nc1cc(Br)ccc1Cl. The number of anilines is 1. The van der Waals surface area contributed by atoms with E-state index in [-0.39, 0.29) is 20.6 Å². The zero-order valence-electron chi connectivity index (χ0n) is 10.5. The number of sulfonamides is 1. The second-order valence-corrected chi connectivity index (χ2v) is 7.76.